The van der Waals surface area contributed by atoms with E-state index in [-0.39, 0.29) is 22.9 Å². The molecule has 1 atom stereocenters. The summed E-state index contributed by atoms with van der Waals surface area (Å²) in [7, 11) is 1.60. The van der Waals surface area contributed by atoms with Gasteiger partial charge in [-0.15, -0.1) is 23.1 Å². The highest BCUT2D eigenvalue weighted by atomic mass is 32.2. The fourth-order valence-electron chi connectivity index (χ4n) is 4.41. The SMILES string of the molecule is COc1ccc(-c2csc(NC(=O)C(C)Sc3cccc(NC(=O)/C(=C\c4ccccc4[N+](=O)[O-])NC(=O)c4ccccc4)c3)n2)cc1. The molecule has 5 aromatic rings. The average molecular weight is 680 g/mol. The number of amides is 3. The van der Waals surface area contributed by atoms with E-state index in [2.05, 4.69) is 20.9 Å². The van der Waals surface area contributed by atoms with Gasteiger partial charge in [0.1, 0.15) is 11.4 Å². The first-order valence-corrected chi connectivity index (χ1v) is 16.3. The van der Waals surface area contributed by atoms with Crippen molar-refractivity contribution in [1.29, 1.82) is 0 Å². The summed E-state index contributed by atoms with van der Waals surface area (Å²) in [5.74, 6) is -0.761. The van der Waals surface area contributed by atoms with Gasteiger partial charge in [0, 0.05) is 33.2 Å². The summed E-state index contributed by atoms with van der Waals surface area (Å²) in [6.45, 7) is 1.76. The number of nitro benzene ring substituents is 1. The van der Waals surface area contributed by atoms with Crippen molar-refractivity contribution in [3.8, 4) is 17.0 Å². The molecule has 48 heavy (non-hydrogen) atoms. The van der Waals surface area contributed by atoms with Gasteiger partial charge in [0.2, 0.25) is 5.91 Å². The van der Waals surface area contributed by atoms with Crippen LogP contribution < -0.4 is 20.7 Å². The quantitative estimate of drug-likeness (QED) is 0.0539. The molecule has 242 valence electrons. The minimum Gasteiger partial charge on any atom is -0.497 e. The van der Waals surface area contributed by atoms with Crippen molar-refractivity contribution in [1.82, 2.24) is 10.3 Å². The highest BCUT2D eigenvalue weighted by Gasteiger charge is 2.20. The predicted octanol–water partition coefficient (Wildman–Crippen LogP) is 7.26. The molecule has 1 unspecified atom stereocenters. The number of thiazole rings is 1. The Morgan fingerprint density at radius 3 is 2.40 bits per heavy atom. The number of para-hydroxylation sites is 1. The number of nitrogens with one attached hydrogen (secondary N) is 3. The second kappa shape index (κ2) is 15.7. The number of carbonyl (C=O) groups excluding carboxylic acids is 3. The maximum Gasteiger partial charge on any atom is 0.276 e. The minimum atomic E-state index is -0.693. The van der Waals surface area contributed by atoms with Crippen LogP contribution in [-0.4, -0.2) is 40.0 Å². The van der Waals surface area contributed by atoms with E-state index in [1.807, 2.05) is 29.6 Å². The number of nitrogens with zero attached hydrogens (tertiary/aromatic N) is 2. The lowest BCUT2D eigenvalue weighted by Crippen LogP contribution is -2.30. The van der Waals surface area contributed by atoms with E-state index in [4.69, 9.17) is 4.74 Å². The average Bonchev–Trinajstić information content (AvgIpc) is 3.57. The van der Waals surface area contributed by atoms with Crippen molar-refractivity contribution < 1.29 is 24.0 Å². The molecule has 1 heterocycles. The molecule has 0 spiro atoms. The summed E-state index contributed by atoms with van der Waals surface area (Å²) in [5, 5.41) is 21.6. The van der Waals surface area contributed by atoms with Gasteiger partial charge in [-0.25, -0.2) is 4.98 Å². The Labute approximate surface area is 284 Å². The molecule has 0 fully saturated rings. The van der Waals surface area contributed by atoms with Crippen LogP contribution in [0.5, 0.6) is 5.75 Å². The molecule has 5 rings (SSSR count). The Balaban J connectivity index is 1.27. The number of aromatic nitrogens is 1. The Morgan fingerprint density at radius 2 is 1.67 bits per heavy atom. The largest absolute Gasteiger partial charge is 0.497 e. The molecule has 0 aliphatic heterocycles. The smallest absolute Gasteiger partial charge is 0.276 e. The van der Waals surface area contributed by atoms with Crippen LogP contribution >= 0.6 is 23.1 Å². The molecule has 3 amide bonds. The van der Waals surface area contributed by atoms with Crippen molar-refractivity contribution in [2.45, 2.75) is 17.1 Å². The number of nitro groups is 1. The van der Waals surface area contributed by atoms with Crippen LogP contribution in [0.15, 0.2) is 119 Å². The Hall–Kier alpha value is -5.79. The second-order valence-corrected chi connectivity index (χ2v) is 12.5. The van der Waals surface area contributed by atoms with Gasteiger partial charge in [-0.1, -0.05) is 36.4 Å². The Morgan fingerprint density at radius 1 is 0.938 bits per heavy atom. The predicted molar refractivity (Wildman–Crippen MR) is 188 cm³/mol. The summed E-state index contributed by atoms with van der Waals surface area (Å²) in [5.41, 5.74) is 2.05. The number of methoxy groups -OCH3 is 1. The summed E-state index contributed by atoms with van der Waals surface area (Å²) in [6, 6.07) is 28.5. The topological polar surface area (TPSA) is 153 Å². The molecule has 0 aliphatic rings. The zero-order chi connectivity index (χ0) is 34.0. The molecule has 11 nitrogen and oxygen atoms in total. The van der Waals surface area contributed by atoms with Gasteiger partial charge in [0.25, 0.3) is 17.5 Å². The van der Waals surface area contributed by atoms with Crippen LogP contribution in [-0.2, 0) is 9.59 Å². The molecule has 0 saturated carbocycles. The van der Waals surface area contributed by atoms with E-state index in [1.165, 1.54) is 47.4 Å². The fourth-order valence-corrected chi connectivity index (χ4v) is 6.06. The third kappa shape index (κ3) is 8.72. The molecule has 1 aromatic heterocycles. The number of thioether (sulfide) groups is 1. The van der Waals surface area contributed by atoms with E-state index in [0.717, 1.165) is 17.0 Å². The number of benzene rings is 4. The molecule has 0 saturated heterocycles. The zero-order valence-corrected chi connectivity index (χ0v) is 27.3. The molecule has 0 radical (unpaired) electrons. The number of hydrogen-bond acceptors (Lipinski definition) is 9. The molecule has 0 bridgehead atoms. The number of rotatable bonds is 12. The van der Waals surface area contributed by atoms with Gasteiger partial charge >= 0.3 is 0 Å². The van der Waals surface area contributed by atoms with Crippen LogP contribution in [0.2, 0.25) is 0 Å². The van der Waals surface area contributed by atoms with E-state index >= 15 is 0 Å². The van der Waals surface area contributed by atoms with Crippen LogP contribution in [0.1, 0.15) is 22.8 Å². The number of hydrogen-bond donors (Lipinski definition) is 3. The lowest BCUT2D eigenvalue weighted by atomic mass is 10.1. The monoisotopic (exact) mass is 679 g/mol. The standard InChI is InChI=1S/C35H29N5O6S2/c1-22(32(41)39-35-38-30(21-47-35)23-15-17-27(46-2)18-16-23)48-28-13-8-12-26(20-28)36-34(43)29(37-33(42)24-9-4-3-5-10-24)19-25-11-6-7-14-31(25)40(44)45/h3-22H,1-2H3,(H,36,43)(H,37,42)(H,38,39,41)/b29-19+. The maximum absolute atomic E-state index is 13.5. The van der Waals surface area contributed by atoms with E-state index in [1.54, 1.807) is 74.7 Å². The highest BCUT2D eigenvalue weighted by Crippen LogP contribution is 2.30. The van der Waals surface area contributed by atoms with Crippen LogP contribution in [0.4, 0.5) is 16.5 Å². The molecular formula is C35H29N5O6S2. The Kier molecular flexibility index (Phi) is 11.0. The van der Waals surface area contributed by atoms with Crippen molar-refractivity contribution in [3.05, 3.63) is 135 Å². The maximum atomic E-state index is 13.5. The number of ether oxygens (including phenoxy) is 1. The molecule has 13 heteroatoms. The molecular weight excluding hydrogens is 651 g/mol. The zero-order valence-electron chi connectivity index (χ0n) is 25.7. The van der Waals surface area contributed by atoms with Gasteiger partial charge in [-0.3, -0.25) is 24.5 Å². The van der Waals surface area contributed by atoms with E-state index in [9.17, 15) is 24.5 Å². The molecule has 3 N–H and O–H groups in total. The van der Waals surface area contributed by atoms with Gasteiger partial charge in [0.05, 0.1) is 28.5 Å². The van der Waals surface area contributed by atoms with Crippen LogP contribution in [0, 0.1) is 10.1 Å². The lowest BCUT2D eigenvalue weighted by Gasteiger charge is -2.13. The third-order valence-corrected chi connectivity index (χ3v) is 8.71. The number of anilines is 2. The fraction of sp³-hybridized carbons (Fsp3) is 0.0857. The second-order valence-electron chi connectivity index (χ2n) is 10.2. The molecule has 4 aromatic carbocycles. The van der Waals surface area contributed by atoms with Crippen molar-refractivity contribution in [2.75, 3.05) is 17.7 Å². The van der Waals surface area contributed by atoms with Gasteiger partial charge in [-0.05, 0) is 73.7 Å². The summed E-state index contributed by atoms with van der Waals surface area (Å²) in [4.78, 5) is 55.8. The summed E-state index contributed by atoms with van der Waals surface area (Å²) >= 11 is 2.60. The Bertz CT molecular complexity index is 1980. The normalized spacial score (nSPS) is 11.7. The minimum absolute atomic E-state index is 0.140. The summed E-state index contributed by atoms with van der Waals surface area (Å²) < 4.78 is 5.20. The van der Waals surface area contributed by atoms with Gasteiger partial charge in [-0.2, -0.15) is 0 Å². The van der Waals surface area contributed by atoms with E-state index < -0.39 is 22.0 Å². The van der Waals surface area contributed by atoms with Crippen molar-refractivity contribution in [2.24, 2.45) is 0 Å². The van der Waals surface area contributed by atoms with E-state index in [0.29, 0.717) is 21.3 Å². The first-order valence-electron chi connectivity index (χ1n) is 14.5. The van der Waals surface area contributed by atoms with Crippen LogP contribution in [0.25, 0.3) is 17.3 Å². The molecule has 0 aliphatic carbocycles. The highest BCUT2D eigenvalue weighted by molar-refractivity contribution is 8.00. The third-order valence-electron chi connectivity index (χ3n) is 6.86. The van der Waals surface area contributed by atoms with Gasteiger partial charge in [0.15, 0.2) is 5.13 Å². The first kappa shape index (κ1) is 33.6. The van der Waals surface area contributed by atoms with Crippen molar-refractivity contribution >= 4 is 63.4 Å². The first-order chi connectivity index (χ1) is 23.2. The van der Waals surface area contributed by atoms with Gasteiger partial charge < -0.3 is 20.7 Å². The number of carbonyl (C=O) groups is 3. The lowest BCUT2D eigenvalue weighted by molar-refractivity contribution is -0.385. The summed E-state index contributed by atoms with van der Waals surface area (Å²) in [6.07, 6.45) is 1.26. The van der Waals surface area contributed by atoms with Crippen molar-refractivity contribution in [3.63, 3.8) is 0 Å². The van der Waals surface area contributed by atoms with Crippen LogP contribution in [0.3, 0.4) is 0 Å².